The van der Waals surface area contributed by atoms with E-state index in [1.165, 1.54) is 122 Å². The standard InChI is InChI=1S/C19H36O4.C19H34O4.C16H12O6/c2*1-3-4-5-6-7-8-9-10-11-12-13-14-18(21)15-19(22)16-23-17(2)20;17-10-2-1-8-13-9-4-12(19)11(18)3-7(9)5-16(13,21)6-22-15(8)14(10)20/h3,18-19,21-22H,1,4-16H2,2H3;1,18-19,21-22H,4-16H2,2H3;1-4,18-21H,5-6H2. The number of aromatic hydroxyl groups is 2. The molecule has 382 valence electrons. The summed E-state index contributed by atoms with van der Waals surface area (Å²) < 4.78 is 14.8. The highest BCUT2D eigenvalue weighted by atomic mass is 16.5. The van der Waals surface area contributed by atoms with E-state index in [0.29, 0.717) is 35.1 Å². The van der Waals surface area contributed by atoms with Crippen LogP contribution >= 0.6 is 0 Å². The van der Waals surface area contributed by atoms with Gasteiger partial charge in [0.05, 0.1) is 24.4 Å². The summed E-state index contributed by atoms with van der Waals surface area (Å²) >= 11 is 0. The van der Waals surface area contributed by atoms with Crippen molar-refractivity contribution in [2.45, 2.75) is 204 Å². The Balaban J connectivity index is 0.000000350. The molecule has 3 aliphatic rings. The van der Waals surface area contributed by atoms with Gasteiger partial charge in [-0.15, -0.1) is 18.9 Å². The van der Waals surface area contributed by atoms with E-state index in [0.717, 1.165) is 44.9 Å². The number of carbonyl (C=O) groups is 3. The summed E-state index contributed by atoms with van der Waals surface area (Å²) in [5, 5.41) is 78.9. The number of aliphatic hydroxyl groups excluding tert-OH is 5. The van der Waals surface area contributed by atoms with Gasteiger partial charge in [0, 0.05) is 50.7 Å². The monoisotopic (exact) mass is 955 g/mol. The second-order valence-electron chi connectivity index (χ2n) is 18.3. The van der Waals surface area contributed by atoms with E-state index in [1.807, 2.05) is 6.08 Å². The number of phenols is 2. The Morgan fingerprint density at radius 3 is 1.65 bits per heavy atom. The molecule has 5 atom stereocenters. The molecule has 14 heteroatoms. The number of hydrogen-bond acceptors (Lipinski definition) is 14. The summed E-state index contributed by atoms with van der Waals surface area (Å²) in [5.74, 6) is 0.274. The van der Waals surface area contributed by atoms with Gasteiger partial charge < -0.3 is 55.1 Å². The maximum absolute atomic E-state index is 11.5. The van der Waals surface area contributed by atoms with Crippen LogP contribution in [0.5, 0.6) is 11.5 Å². The van der Waals surface area contributed by atoms with Crippen molar-refractivity contribution in [1.82, 2.24) is 0 Å². The number of aliphatic hydroxyl groups is 6. The van der Waals surface area contributed by atoms with Crippen LogP contribution < -0.4 is 0 Å². The molecule has 0 amide bonds. The Morgan fingerprint density at radius 2 is 1.18 bits per heavy atom. The molecule has 2 aliphatic carbocycles. The molecule has 0 radical (unpaired) electrons. The first kappa shape index (κ1) is 59.5. The second kappa shape index (κ2) is 33.8. The van der Waals surface area contributed by atoms with Gasteiger partial charge >= 0.3 is 11.9 Å². The first-order valence-corrected chi connectivity index (χ1v) is 24.9. The maximum atomic E-state index is 11.5. The summed E-state index contributed by atoms with van der Waals surface area (Å²) in [4.78, 5) is 32.8. The molecular weight excluding hydrogens is 873 g/mol. The molecule has 1 aromatic carbocycles. The molecule has 0 saturated carbocycles. The van der Waals surface area contributed by atoms with Gasteiger partial charge in [-0.1, -0.05) is 109 Å². The Bertz CT molecular complexity index is 1830. The molecule has 68 heavy (non-hydrogen) atoms. The average Bonchev–Trinajstić information content (AvgIpc) is 3.58. The molecule has 1 heterocycles. The number of benzene rings is 1. The fourth-order valence-electron chi connectivity index (χ4n) is 8.44. The van der Waals surface area contributed by atoms with Crippen molar-refractivity contribution in [3.63, 3.8) is 0 Å². The molecule has 0 aromatic heterocycles. The van der Waals surface area contributed by atoms with E-state index < -0.39 is 53.5 Å². The number of terminal acetylenes is 1. The summed E-state index contributed by atoms with van der Waals surface area (Å²) in [5.41, 5.74) is 0.797. The predicted octanol–water partition coefficient (Wildman–Crippen LogP) is 8.80. The van der Waals surface area contributed by atoms with Crippen LogP contribution in [-0.2, 0) is 35.0 Å². The third-order valence-corrected chi connectivity index (χ3v) is 12.1. The van der Waals surface area contributed by atoms with Crippen molar-refractivity contribution in [3.8, 4) is 23.8 Å². The molecule has 8 N–H and O–H groups in total. The lowest BCUT2D eigenvalue weighted by Gasteiger charge is -2.33. The Kier molecular flexibility index (Phi) is 29.5. The van der Waals surface area contributed by atoms with Crippen LogP contribution in [0.3, 0.4) is 0 Å². The number of ether oxygens (including phenoxy) is 3. The van der Waals surface area contributed by atoms with Gasteiger partial charge in [0.2, 0.25) is 11.5 Å². The van der Waals surface area contributed by atoms with E-state index in [9.17, 15) is 55.2 Å². The van der Waals surface area contributed by atoms with Gasteiger partial charge in [-0.25, -0.2) is 0 Å². The zero-order valence-corrected chi connectivity index (χ0v) is 40.8. The van der Waals surface area contributed by atoms with Crippen molar-refractivity contribution in [1.29, 1.82) is 0 Å². The first-order chi connectivity index (χ1) is 32.5. The SMILES string of the molecule is C#CCCCCCCCCCCCC(O)CC(O)COC(C)=O.C=CCCCCCCCCCCCC(O)CC(O)COC(C)=O.O=C1C=CC2=C3c4cc(O)c(O)cc4CC3(O)COC2=C1O. The van der Waals surface area contributed by atoms with Gasteiger partial charge in [-0.05, 0) is 67.5 Å². The minimum absolute atomic E-state index is 0.0286. The van der Waals surface area contributed by atoms with E-state index in [2.05, 4.69) is 12.5 Å². The van der Waals surface area contributed by atoms with E-state index >= 15 is 0 Å². The molecule has 1 aromatic rings. The molecule has 0 bridgehead atoms. The van der Waals surface area contributed by atoms with Crippen LogP contribution in [0.2, 0.25) is 0 Å². The average molecular weight is 955 g/mol. The van der Waals surface area contributed by atoms with Crippen molar-refractivity contribution in [2.75, 3.05) is 19.8 Å². The molecule has 0 saturated heterocycles. The number of hydrogen-bond donors (Lipinski definition) is 8. The summed E-state index contributed by atoms with van der Waals surface area (Å²) in [6, 6.07) is 2.77. The van der Waals surface area contributed by atoms with E-state index in [4.69, 9.17) is 20.6 Å². The predicted molar refractivity (Wildman–Crippen MR) is 262 cm³/mol. The molecule has 4 rings (SSSR count). The topological polar surface area (TPSA) is 241 Å². The van der Waals surface area contributed by atoms with E-state index in [-0.39, 0.29) is 56.3 Å². The normalized spacial score (nSPS) is 17.4. The van der Waals surface area contributed by atoms with Crippen LogP contribution in [0.15, 0.2) is 54.0 Å². The number of ketones is 1. The number of unbranched alkanes of at least 4 members (excludes halogenated alkanes) is 18. The quantitative estimate of drug-likeness (QED) is 0.0114. The Labute approximate surface area is 404 Å². The second-order valence-corrected chi connectivity index (χ2v) is 18.3. The maximum Gasteiger partial charge on any atom is 0.302 e. The molecule has 14 nitrogen and oxygen atoms in total. The smallest absolute Gasteiger partial charge is 0.302 e. The van der Waals surface area contributed by atoms with Gasteiger partial charge in [0.15, 0.2) is 17.3 Å². The Morgan fingerprint density at radius 1 is 0.721 bits per heavy atom. The first-order valence-electron chi connectivity index (χ1n) is 24.9. The van der Waals surface area contributed by atoms with Gasteiger partial charge in [0.25, 0.3) is 0 Å². The molecule has 0 spiro atoms. The van der Waals surface area contributed by atoms with Crippen LogP contribution in [-0.4, -0.2) is 108 Å². The van der Waals surface area contributed by atoms with Gasteiger partial charge in [-0.2, -0.15) is 0 Å². The molecular formula is C54H82O14. The lowest BCUT2D eigenvalue weighted by atomic mass is 9.85. The zero-order valence-electron chi connectivity index (χ0n) is 40.8. The third-order valence-electron chi connectivity index (χ3n) is 12.1. The van der Waals surface area contributed by atoms with Gasteiger partial charge in [0.1, 0.15) is 25.4 Å². The summed E-state index contributed by atoms with van der Waals surface area (Å²) in [6.45, 7) is 6.16. The number of esters is 2. The van der Waals surface area contributed by atoms with Crippen molar-refractivity contribution >= 4 is 23.3 Å². The molecule has 5 unspecified atom stereocenters. The minimum atomic E-state index is -1.33. The van der Waals surface area contributed by atoms with Crippen LogP contribution in [0.25, 0.3) is 5.57 Å². The van der Waals surface area contributed by atoms with Crippen LogP contribution in [0.4, 0.5) is 0 Å². The zero-order chi connectivity index (χ0) is 50.3. The number of allylic oxidation sites excluding steroid dienone is 3. The summed E-state index contributed by atoms with van der Waals surface area (Å²) in [6.07, 6.45) is 33.4. The number of rotatable bonds is 31. The number of carbonyl (C=O) groups excluding carboxylic acids is 3. The summed E-state index contributed by atoms with van der Waals surface area (Å²) in [7, 11) is 0. The van der Waals surface area contributed by atoms with Crippen molar-refractivity contribution in [2.24, 2.45) is 0 Å². The van der Waals surface area contributed by atoms with Gasteiger partial charge in [-0.3, -0.25) is 14.4 Å². The third kappa shape index (κ3) is 23.6. The fraction of sp³-hybridized carbons (Fsp3) is 0.648. The fourth-order valence-corrected chi connectivity index (χ4v) is 8.44. The largest absolute Gasteiger partial charge is 0.504 e. The van der Waals surface area contributed by atoms with Crippen molar-refractivity contribution < 1.29 is 69.4 Å². The lowest BCUT2D eigenvalue weighted by Crippen LogP contribution is -2.39. The molecule has 1 aliphatic heterocycles. The number of fused-ring (bicyclic) bond motifs is 4. The number of phenolic OH excluding ortho intramolecular Hbond substituents is 2. The Hall–Kier alpha value is -4.65. The lowest BCUT2D eigenvalue weighted by molar-refractivity contribution is -0.145. The van der Waals surface area contributed by atoms with Crippen LogP contribution in [0, 0.1) is 12.3 Å². The van der Waals surface area contributed by atoms with E-state index in [1.54, 1.807) is 0 Å². The highest BCUT2D eigenvalue weighted by Gasteiger charge is 2.48. The highest BCUT2D eigenvalue weighted by Crippen LogP contribution is 2.50. The molecule has 0 fully saturated rings. The van der Waals surface area contributed by atoms with Crippen LogP contribution in [0.1, 0.15) is 179 Å². The highest BCUT2D eigenvalue weighted by molar-refractivity contribution is 6.06. The minimum Gasteiger partial charge on any atom is -0.504 e. The van der Waals surface area contributed by atoms with Crippen molar-refractivity contribution in [3.05, 3.63) is 65.2 Å².